The zero-order valence-corrected chi connectivity index (χ0v) is 25.1. The topological polar surface area (TPSA) is 261 Å². The second kappa shape index (κ2) is 16.5. The van der Waals surface area contributed by atoms with E-state index in [0.29, 0.717) is 11.4 Å². The molecular weight excluding hydrogens is 618 g/mol. The number of anilines is 2. The molecule has 2 aromatic heterocycles. The Morgan fingerprint density at radius 3 is 2.38 bits per heavy atom. The molecule has 0 aliphatic carbocycles. The minimum atomic E-state index is -1.29. The number of nitrogens with two attached hydrogens (primary N) is 1. The summed E-state index contributed by atoms with van der Waals surface area (Å²) in [5, 5.41) is 17.7. The maximum absolute atomic E-state index is 12.7. The summed E-state index contributed by atoms with van der Waals surface area (Å²) in [7, 11) is 0. The number of benzene rings is 1. The van der Waals surface area contributed by atoms with Crippen LogP contribution >= 0.6 is 0 Å². The van der Waals surface area contributed by atoms with Crippen LogP contribution < -0.4 is 27.2 Å². The first-order valence-corrected chi connectivity index (χ1v) is 14.5. The van der Waals surface area contributed by atoms with E-state index in [-0.39, 0.29) is 93.4 Å². The average Bonchev–Trinajstić information content (AvgIpc) is 3.37. The fraction of sp³-hybridized carbons (Fsp3) is 0.345. The summed E-state index contributed by atoms with van der Waals surface area (Å²) >= 11 is 0. The predicted octanol–water partition coefficient (Wildman–Crippen LogP) is -1.05. The molecule has 7 N–H and O–H groups in total. The van der Waals surface area contributed by atoms with E-state index in [1.165, 1.54) is 30.5 Å². The average molecular weight is 652 g/mol. The molecule has 0 saturated carbocycles. The molecular formula is C29H33N9O9. The highest BCUT2D eigenvalue weighted by molar-refractivity contribution is 6.12. The summed E-state index contributed by atoms with van der Waals surface area (Å²) in [4.78, 5) is 87.2. The van der Waals surface area contributed by atoms with Gasteiger partial charge in [0.1, 0.15) is 6.04 Å². The van der Waals surface area contributed by atoms with Gasteiger partial charge in [-0.15, -0.1) is 0 Å². The number of amides is 4. The third-order valence-corrected chi connectivity index (χ3v) is 6.67. The summed E-state index contributed by atoms with van der Waals surface area (Å²) in [5.41, 5.74) is 6.48. The summed E-state index contributed by atoms with van der Waals surface area (Å²) < 4.78 is 10.7. The van der Waals surface area contributed by atoms with Crippen molar-refractivity contribution in [2.45, 2.75) is 25.4 Å². The summed E-state index contributed by atoms with van der Waals surface area (Å²) in [6.07, 6.45) is 3.59. The number of ether oxygens (including phenoxy) is 2. The minimum absolute atomic E-state index is 0.0481. The van der Waals surface area contributed by atoms with Crippen LogP contribution in [0, 0.1) is 0 Å². The Balaban J connectivity index is 1.11. The molecule has 1 aromatic carbocycles. The van der Waals surface area contributed by atoms with Crippen LogP contribution in [-0.4, -0.2) is 105 Å². The number of aliphatic carboxylic acids is 1. The number of rotatable bonds is 18. The molecule has 18 nitrogen and oxygen atoms in total. The molecule has 1 aliphatic heterocycles. The molecule has 1 unspecified atom stereocenters. The van der Waals surface area contributed by atoms with Crippen molar-refractivity contribution in [3.8, 4) is 0 Å². The highest BCUT2D eigenvalue weighted by Crippen LogP contribution is 2.12. The van der Waals surface area contributed by atoms with Gasteiger partial charge in [-0.1, -0.05) is 0 Å². The standard InChI is InChI=1S/C29H33N9O9/c30-29-36-25-24(27(43)37-29)34-19(16-33-25)15-32-18-3-1-17(2-4-18)26(42)35-20(28(44)45)5-6-21(39)31-9-11-46-13-14-47-12-10-38-22(40)7-8-23(38)41/h1-4,7-8,16,20,32H,5-6,9-15H2,(H,31,39)(H,35,42)(H,44,45)(H3,30,33,36,37,43). The number of hydrogen-bond donors (Lipinski definition) is 6. The van der Waals surface area contributed by atoms with Crippen molar-refractivity contribution in [3.63, 3.8) is 0 Å². The predicted molar refractivity (Wildman–Crippen MR) is 165 cm³/mol. The number of imide groups is 1. The fourth-order valence-corrected chi connectivity index (χ4v) is 4.24. The van der Waals surface area contributed by atoms with Gasteiger partial charge in [0.2, 0.25) is 11.9 Å². The third-order valence-electron chi connectivity index (χ3n) is 6.67. The number of nitrogen functional groups attached to an aromatic ring is 1. The zero-order chi connectivity index (χ0) is 33.8. The number of carbonyl (C=O) groups excluding carboxylic acids is 4. The van der Waals surface area contributed by atoms with Crippen LogP contribution in [0.4, 0.5) is 11.6 Å². The van der Waals surface area contributed by atoms with Crippen molar-refractivity contribution in [3.05, 3.63) is 64.2 Å². The number of H-pyrrole nitrogens is 1. The molecule has 4 rings (SSSR count). The number of carbonyl (C=O) groups is 5. The summed E-state index contributed by atoms with van der Waals surface area (Å²) in [6, 6.07) is 4.95. The first-order chi connectivity index (χ1) is 22.6. The van der Waals surface area contributed by atoms with Gasteiger partial charge in [0.05, 0.1) is 51.4 Å². The van der Waals surface area contributed by atoms with E-state index in [1.807, 2.05) is 0 Å². The Bertz CT molecular complexity index is 1690. The van der Waals surface area contributed by atoms with Gasteiger partial charge < -0.3 is 36.3 Å². The van der Waals surface area contributed by atoms with Crippen molar-refractivity contribution in [1.82, 2.24) is 35.5 Å². The van der Waals surface area contributed by atoms with E-state index in [4.69, 9.17) is 15.2 Å². The molecule has 1 aliphatic rings. The first kappa shape index (κ1) is 34.1. The van der Waals surface area contributed by atoms with Gasteiger partial charge in [-0.05, 0) is 30.7 Å². The second-order valence-corrected chi connectivity index (χ2v) is 10.1. The van der Waals surface area contributed by atoms with E-state index in [9.17, 15) is 33.9 Å². The second-order valence-electron chi connectivity index (χ2n) is 10.1. The van der Waals surface area contributed by atoms with E-state index in [0.717, 1.165) is 4.90 Å². The normalized spacial score (nSPS) is 13.1. The fourth-order valence-electron chi connectivity index (χ4n) is 4.24. The largest absolute Gasteiger partial charge is 0.480 e. The number of hydrogen-bond acceptors (Lipinski definition) is 13. The van der Waals surface area contributed by atoms with Crippen LogP contribution in [0.2, 0.25) is 0 Å². The van der Waals surface area contributed by atoms with E-state index < -0.39 is 29.4 Å². The molecule has 0 saturated heterocycles. The maximum atomic E-state index is 12.7. The molecule has 248 valence electrons. The van der Waals surface area contributed by atoms with E-state index in [2.05, 4.69) is 35.9 Å². The van der Waals surface area contributed by atoms with Gasteiger partial charge in [-0.25, -0.2) is 14.8 Å². The number of nitrogens with zero attached hydrogens (tertiary/aromatic N) is 4. The van der Waals surface area contributed by atoms with Crippen molar-refractivity contribution >= 4 is 52.4 Å². The van der Waals surface area contributed by atoms with E-state index in [1.54, 1.807) is 12.1 Å². The van der Waals surface area contributed by atoms with Gasteiger partial charge in [0, 0.05) is 36.4 Å². The number of carboxylic acid groups (broad SMARTS) is 1. The maximum Gasteiger partial charge on any atom is 0.326 e. The lowest BCUT2D eigenvalue weighted by Crippen LogP contribution is -2.41. The smallest absolute Gasteiger partial charge is 0.326 e. The third kappa shape index (κ3) is 10.1. The molecule has 0 bridgehead atoms. The Hall–Kier alpha value is -5.75. The van der Waals surface area contributed by atoms with Crippen LogP contribution in [0.1, 0.15) is 28.9 Å². The van der Waals surface area contributed by atoms with Crippen molar-refractivity contribution in [2.75, 3.05) is 50.6 Å². The highest BCUT2D eigenvalue weighted by Gasteiger charge is 2.23. The number of fused-ring (bicyclic) bond motifs is 1. The van der Waals surface area contributed by atoms with Crippen LogP contribution in [0.25, 0.3) is 11.2 Å². The SMILES string of the molecule is Nc1nc2ncc(CNc3ccc(C(=O)NC(CCC(=O)NCCOCCOCCN4C(=O)C=CC4=O)C(=O)O)cc3)nc2c(=O)[nH]1. The quantitative estimate of drug-likeness (QED) is 0.0708. The van der Waals surface area contributed by atoms with Gasteiger partial charge in [-0.2, -0.15) is 4.98 Å². The number of carboxylic acids is 1. The Morgan fingerprint density at radius 1 is 0.979 bits per heavy atom. The zero-order valence-electron chi connectivity index (χ0n) is 25.1. The Kier molecular flexibility index (Phi) is 12.0. The lowest BCUT2D eigenvalue weighted by Gasteiger charge is -2.15. The molecule has 4 amide bonds. The molecule has 3 heterocycles. The number of aromatic nitrogens is 4. The molecule has 3 aromatic rings. The summed E-state index contributed by atoms with van der Waals surface area (Å²) in [6.45, 7) is 1.37. The monoisotopic (exact) mass is 651 g/mol. The number of aromatic amines is 1. The first-order valence-electron chi connectivity index (χ1n) is 14.5. The van der Waals surface area contributed by atoms with Crippen LogP contribution in [0.5, 0.6) is 0 Å². The molecule has 1 atom stereocenters. The van der Waals surface area contributed by atoms with Gasteiger partial charge in [0.25, 0.3) is 23.3 Å². The molecule has 0 spiro atoms. The molecule has 0 fully saturated rings. The lowest BCUT2D eigenvalue weighted by molar-refractivity contribution is -0.140. The number of nitrogens with one attached hydrogen (secondary N) is 4. The van der Waals surface area contributed by atoms with Crippen molar-refractivity contribution in [2.24, 2.45) is 0 Å². The van der Waals surface area contributed by atoms with Crippen molar-refractivity contribution < 1.29 is 38.6 Å². The van der Waals surface area contributed by atoms with Crippen LogP contribution in [0.15, 0.2) is 47.4 Å². The highest BCUT2D eigenvalue weighted by atomic mass is 16.5. The Labute approximate surface area is 266 Å². The van der Waals surface area contributed by atoms with Crippen molar-refractivity contribution in [1.29, 1.82) is 0 Å². The molecule has 0 radical (unpaired) electrons. The molecule has 47 heavy (non-hydrogen) atoms. The van der Waals surface area contributed by atoms with Crippen LogP contribution in [0.3, 0.4) is 0 Å². The van der Waals surface area contributed by atoms with Gasteiger partial charge in [0.15, 0.2) is 11.2 Å². The lowest BCUT2D eigenvalue weighted by atomic mass is 10.1. The minimum Gasteiger partial charge on any atom is -0.480 e. The van der Waals surface area contributed by atoms with Gasteiger partial charge >= 0.3 is 5.97 Å². The van der Waals surface area contributed by atoms with E-state index >= 15 is 0 Å². The molecule has 18 heteroatoms. The summed E-state index contributed by atoms with van der Waals surface area (Å²) in [5.74, 6) is -3.12. The van der Waals surface area contributed by atoms with Crippen LogP contribution in [-0.2, 0) is 35.2 Å². The van der Waals surface area contributed by atoms with Gasteiger partial charge in [-0.3, -0.25) is 33.9 Å². The Morgan fingerprint density at radius 2 is 1.68 bits per heavy atom.